The molecule has 2 heteroatoms. The van der Waals surface area contributed by atoms with E-state index in [1.807, 2.05) is 13.8 Å². The zero-order valence-electron chi connectivity index (χ0n) is 14.0. The third kappa shape index (κ3) is 4.80. The van der Waals surface area contributed by atoms with Crippen LogP contribution in [0.1, 0.15) is 57.7 Å². The number of aldehydes is 2. The molecule has 1 aromatic carbocycles. The van der Waals surface area contributed by atoms with Crippen LogP contribution in [0.25, 0.3) is 0 Å². The third-order valence-electron chi connectivity index (χ3n) is 4.42. The van der Waals surface area contributed by atoms with Crippen molar-refractivity contribution in [3.8, 4) is 0 Å². The van der Waals surface area contributed by atoms with Gasteiger partial charge in [-0.2, -0.15) is 0 Å². The molecule has 2 unspecified atom stereocenters. The van der Waals surface area contributed by atoms with Crippen LogP contribution in [-0.4, -0.2) is 12.6 Å². The number of rotatable bonds is 8. The van der Waals surface area contributed by atoms with Gasteiger partial charge in [0.15, 0.2) is 0 Å². The highest BCUT2D eigenvalue weighted by molar-refractivity contribution is 5.55. The molecule has 0 radical (unpaired) electrons. The molecule has 0 aliphatic carbocycles. The lowest BCUT2D eigenvalue weighted by molar-refractivity contribution is -0.111. The summed E-state index contributed by atoms with van der Waals surface area (Å²) in [5.41, 5.74) is 3.84. The van der Waals surface area contributed by atoms with Gasteiger partial charge in [0, 0.05) is 11.8 Å². The highest BCUT2D eigenvalue weighted by Gasteiger charge is 2.20. The molecule has 0 aliphatic rings. The largest absolute Gasteiger partial charge is 0.303 e. The summed E-state index contributed by atoms with van der Waals surface area (Å²) in [5, 5.41) is 0. The van der Waals surface area contributed by atoms with E-state index in [1.54, 1.807) is 0 Å². The molecule has 0 bridgehead atoms. The monoisotopic (exact) mass is 288 g/mol. The predicted molar refractivity (Wildman–Crippen MR) is 87.6 cm³/mol. The van der Waals surface area contributed by atoms with Crippen LogP contribution < -0.4 is 0 Å². The summed E-state index contributed by atoms with van der Waals surface area (Å²) in [5.74, 6) is 0.0237. The Morgan fingerprint density at radius 2 is 1.52 bits per heavy atom. The molecule has 0 spiro atoms. The minimum atomic E-state index is 0.00951. The molecule has 0 amide bonds. The molecule has 0 fully saturated rings. The minimum Gasteiger partial charge on any atom is -0.303 e. The SMILES string of the molecule is CCC(C)(C)c1ccc(CC(C)C=O)c(CC(C)C=O)c1. The summed E-state index contributed by atoms with van der Waals surface area (Å²) in [6.07, 6.45) is 4.57. The van der Waals surface area contributed by atoms with E-state index in [9.17, 15) is 9.59 Å². The first-order chi connectivity index (χ1) is 9.83. The van der Waals surface area contributed by atoms with Gasteiger partial charge in [0.25, 0.3) is 0 Å². The summed E-state index contributed by atoms with van der Waals surface area (Å²) >= 11 is 0. The molecule has 2 nitrogen and oxygen atoms in total. The van der Waals surface area contributed by atoms with Crippen LogP contribution in [-0.2, 0) is 27.8 Å². The van der Waals surface area contributed by atoms with E-state index < -0.39 is 0 Å². The van der Waals surface area contributed by atoms with Crippen molar-refractivity contribution in [3.05, 3.63) is 34.9 Å². The number of carbonyl (C=O) groups excluding carboxylic acids is 2. The summed E-state index contributed by atoms with van der Waals surface area (Å²) < 4.78 is 0. The van der Waals surface area contributed by atoms with E-state index >= 15 is 0 Å². The predicted octanol–water partition coefficient (Wildman–Crippen LogP) is 4.13. The zero-order valence-corrected chi connectivity index (χ0v) is 14.0. The van der Waals surface area contributed by atoms with Crippen LogP contribution in [0, 0.1) is 11.8 Å². The molecule has 0 saturated heterocycles. The van der Waals surface area contributed by atoms with Gasteiger partial charge in [0.1, 0.15) is 12.6 Å². The Kier molecular flexibility index (Phi) is 6.32. The molecule has 0 heterocycles. The first-order valence-corrected chi connectivity index (χ1v) is 7.87. The maximum atomic E-state index is 11.0. The van der Waals surface area contributed by atoms with Gasteiger partial charge >= 0.3 is 0 Å². The summed E-state index contributed by atoms with van der Waals surface area (Å²) in [6, 6.07) is 6.54. The lowest BCUT2D eigenvalue weighted by Crippen LogP contribution is -2.17. The second-order valence-corrected chi connectivity index (χ2v) is 6.86. The van der Waals surface area contributed by atoms with Crippen LogP contribution in [0.15, 0.2) is 18.2 Å². The Morgan fingerprint density at radius 3 is 2.00 bits per heavy atom. The summed E-state index contributed by atoms with van der Waals surface area (Å²) in [7, 11) is 0. The van der Waals surface area contributed by atoms with Crippen LogP contribution in [0.4, 0.5) is 0 Å². The number of benzene rings is 1. The highest BCUT2D eigenvalue weighted by Crippen LogP contribution is 2.29. The summed E-state index contributed by atoms with van der Waals surface area (Å²) in [4.78, 5) is 21.9. The molecule has 2 atom stereocenters. The van der Waals surface area contributed by atoms with Crippen molar-refractivity contribution < 1.29 is 9.59 Å². The van der Waals surface area contributed by atoms with Crippen molar-refractivity contribution in [1.82, 2.24) is 0 Å². The standard InChI is InChI=1S/C19H28O2/c1-6-19(4,5)18-8-7-16(9-14(2)12-20)17(11-18)10-15(3)13-21/h7-8,11-15H,6,9-10H2,1-5H3. The molecule has 116 valence electrons. The molecule has 1 rings (SSSR count). The zero-order chi connectivity index (χ0) is 16.0. The molecule has 1 aromatic rings. The van der Waals surface area contributed by atoms with Crippen LogP contribution in [0.3, 0.4) is 0 Å². The van der Waals surface area contributed by atoms with Crippen molar-refractivity contribution in [3.63, 3.8) is 0 Å². The number of hydrogen-bond acceptors (Lipinski definition) is 2. The van der Waals surface area contributed by atoms with E-state index in [-0.39, 0.29) is 17.3 Å². The molecule has 0 aromatic heterocycles. The van der Waals surface area contributed by atoms with Crippen molar-refractivity contribution in [1.29, 1.82) is 0 Å². The second-order valence-electron chi connectivity index (χ2n) is 6.86. The first kappa shape index (κ1) is 17.6. The first-order valence-electron chi connectivity index (χ1n) is 7.87. The average Bonchev–Trinajstić information content (AvgIpc) is 2.48. The van der Waals surface area contributed by atoms with Gasteiger partial charge in [-0.05, 0) is 41.4 Å². The van der Waals surface area contributed by atoms with Crippen molar-refractivity contribution in [2.75, 3.05) is 0 Å². The van der Waals surface area contributed by atoms with Gasteiger partial charge < -0.3 is 9.59 Å². The maximum Gasteiger partial charge on any atom is 0.123 e. The van der Waals surface area contributed by atoms with Crippen LogP contribution >= 0.6 is 0 Å². The fourth-order valence-corrected chi connectivity index (χ4v) is 2.43. The lowest BCUT2D eigenvalue weighted by atomic mass is 9.79. The molecule has 0 saturated carbocycles. The van der Waals surface area contributed by atoms with Gasteiger partial charge in [-0.1, -0.05) is 52.8 Å². The molecular weight excluding hydrogens is 260 g/mol. The third-order valence-corrected chi connectivity index (χ3v) is 4.42. The number of hydrogen-bond donors (Lipinski definition) is 0. The fourth-order valence-electron chi connectivity index (χ4n) is 2.43. The van der Waals surface area contributed by atoms with Crippen molar-refractivity contribution in [2.45, 2.75) is 59.3 Å². The van der Waals surface area contributed by atoms with E-state index in [0.717, 1.165) is 31.8 Å². The Hall–Kier alpha value is -1.44. The van der Waals surface area contributed by atoms with Gasteiger partial charge in [-0.25, -0.2) is 0 Å². The fraction of sp³-hybridized carbons (Fsp3) is 0.579. The van der Waals surface area contributed by atoms with E-state index in [1.165, 1.54) is 16.7 Å². The Balaban J connectivity index is 3.18. The van der Waals surface area contributed by atoms with Gasteiger partial charge in [-0.3, -0.25) is 0 Å². The van der Waals surface area contributed by atoms with Crippen molar-refractivity contribution >= 4 is 12.6 Å². The number of carbonyl (C=O) groups is 2. The second kappa shape index (κ2) is 7.53. The van der Waals surface area contributed by atoms with Gasteiger partial charge in [0.05, 0.1) is 0 Å². The Labute approximate surface area is 128 Å². The van der Waals surface area contributed by atoms with E-state index in [2.05, 4.69) is 39.0 Å². The normalized spacial score (nSPS) is 14.5. The van der Waals surface area contributed by atoms with Gasteiger partial charge in [0.2, 0.25) is 0 Å². The maximum absolute atomic E-state index is 11.0. The van der Waals surface area contributed by atoms with Gasteiger partial charge in [-0.15, -0.1) is 0 Å². The molecular formula is C19H28O2. The molecule has 0 N–H and O–H groups in total. The van der Waals surface area contributed by atoms with Crippen LogP contribution in [0.5, 0.6) is 0 Å². The molecule has 21 heavy (non-hydrogen) atoms. The van der Waals surface area contributed by atoms with E-state index in [4.69, 9.17) is 0 Å². The summed E-state index contributed by atoms with van der Waals surface area (Å²) in [6.45, 7) is 10.5. The molecule has 0 aliphatic heterocycles. The quantitative estimate of drug-likeness (QED) is 0.674. The lowest BCUT2D eigenvalue weighted by Gasteiger charge is -2.25. The van der Waals surface area contributed by atoms with Crippen LogP contribution in [0.2, 0.25) is 0 Å². The topological polar surface area (TPSA) is 34.1 Å². The highest BCUT2D eigenvalue weighted by atomic mass is 16.1. The Bertz CT molecular complexity index is 488. The minimum absolute atomic E-state index is 0.00951. The average molecular weight is 288 g/mol. The smallest absolute Gasteiger partial charge is 0.123 e. The Morgan fingerprint density at radius 1 is 1.00 bits per heavy atom. The van der Waals surface area contributed by atoms with Crippen molar-refractivity contribution in [2.24, 2.45) is 11.8 Å². The van der Waals surface area contributed by atoms with E-state index in [0.29, 0.717) is 0 Å².